The van der Waals surface area contributed by atoms with Crippen LogP contribution in [-0.2, 0) is 14.3 Å². The summed E-state index contributed by atoms with van der Waals surface area (Å²) in [6.45, 7) is 2.45. The van der Waals surface area contributed by atoms with Crippen LogP contribution in [0.3, 0.4) is 0 Å². The minimum atomic E-state index is -1.67. The Morgan fingerprint density at radius 1 is 1.00 bits per heavy atom. The van der Waals surface area contributed by atoms with Gasteiger partial charge in [0.1, 0.15) is 18.3 Å². The Kier molecular flexibility index (Phi) is 8.13. The van der Waals surface area contributed by atoms with Crippen LogP contribution in [0.2, 0.25) is 0 Å². The van der Waals surface area contributed by atoms with E-state index in [-0.39, 0.29) is 0 Å². The number of hydrogen-bond acceptors (Lipinski definition) is 6. The summed E-state index contributed by atoms with van der Waals surface area (Å²) in [4.78, 5) is 10.9. The largest absolute Gasteiger partial charge is 0.479 e. The number of unbranched alkanes of at least 4 members (excludes halogenated alkanes) is 5. The van der Waals surface area contributed by atoms with Gasteiger partial charge in [0.05, 0.1) is 0 Å². The van der Waals surface area contributed by atoms with Crippen molar-refractivity contribution in [3.8, 4) is 0 Å². The Balaban J connectivity index is 2.31. The lowest BCUT2D eigenvalue weighted by Crippen LogP contribution is -2.60. The first kappa shape index (κ1) is 18.3. The predicted octanol–water partition coefficient (Wildman–Crippen LogP) is 0.256. The second kappa shape index (κ2) is 9.32. The van der Waals surface area contributed by atoms with Crippen molar-refractivity contribution in [1.82, 2.24) is 0 Å². The molecule has 0 bridgehead atoms. The molecule has 0 saturated carbocycles. The van der Waals surface area contributed by atoms with E-state index < -0.39 is 36.7 Å². The summed E-state index contributed by atoms with van der Waals surface area (Å²) in [6.07, 6.45) is -1.17. The van der Waals surface area contributed by atoms with Gasteiger partial charge in [-0.25, -0.2) is 4.79 Å². The maximum absolute atomic E-state index is 10.9. The molecule has 0 aromatic carbocycles. The maximum atomic E-state index is 10.9. The third kappa shape index (κ3) is 5.52. The molecule has 0 radical (unpaired) electrons. The summed E-state index contributed by atoms with van der Waals surface area (Å²) in [6, 6.07) is 0. The fourth-order valence-electron chi connectivity index (χ4n) is 2.27. The number of aliphatic hydroxyl groups excluding tert-OH is 3. The number of aliphatic hydroxyl groups is 3. The predicted molar refractivity (Wildman–Crippen MR) is 73.6 cm³/mol. The van der Waals surface area contributed by atoms with Crippen molar-refractivity contribution in [2.75, 3.05) is 6.61 Å². The van der Waals surface area contributed by atoms with Crippen LogP contribution in [0.25, 0.3) is 0 Å². The topological polar surface area (TPSA) is 116 Å². The number of aliphatic carboxylic acids is 1. The number of carbonyl (C=O) groups is 1. The lowest BCUT2D eigenvalue weighted by molar-refractivity contribution is -0.294. The Bertz CT molecular complexity index is 310. The van der Waals surface area contributed by atoms with E-state index >= 15 is 0 Å². The molecule has 7 heteroatoms. The Labute approximate surface area is 124 Å². The first-order chi connectivity index (χ1) is 9.99. The molecule has 1 saturated heterocycles. The molecule has 4 N–H and O–H groups in total. The van der Waals surface area contributed by atoms with Crippen LogP contribution in [0.5, 0.6) is 0 Å². The highest BCUT2D eigenvalue weighted by Crippen LogP contribution is 2.22. The lowest BCUT2D eigenvalue weighted by Gasteiger charge is -2.38. The van der Waals surface area contributed by atoms with Crippen LogP contribution in [0.1, 0.15) is 45.4 Å². The molecule has 5 atom stereocenters. The van der Waals surface area contributed by atoms with Crippen molar-refractivity contribution in [3.63, 3.8) is 0 Å². The van der Waals surface area contributed by atoms with E-state index in [0.717, 1.165) is 19.3 Å². The molecule has 0 amide bonds. The molecule has 0 aromatic rings. The van der Waals surface area contributed by atoms with Crippen molar-refractivity contribution in [1.29, 1.82) is 0 Å². The molecule has 1 aliphatic heterocycles. The Hall–Kier alpha value is -0.730. The van der Waals surface area contributed by atoms with E-state index in [9.17, 15) is 20.1 Å². The van der Waals surface area contributed by atoms with E-state index in [1.165, 1.54) is 19.3 Å². The van der Waals surface area contributed by atoms with Crippen LogP contribution in [0.15, 0.2) is 0 Å². The standard InChI is InChI=1S/C14H26O7/c1-2-3-4-5-6-7-8-20-14-11(17)9(15)10(16)12(21-14)13(18)19/h9-12,14-17H,2-8H2,1H3,(H,18,19)/t9-,10+,11+,12-,14-/m0/s1. The molecule has 21 heavy (non-hydrogen) atoms. The van der Waals surface area contributed by atoms with Crippen LogP contribution in [0, 0.1) is 0 Å². The fourth-order valence-corrected chi connectivity index (χ4v) is 2.27. The molecular weight excluding hydrogens is 280 g/mol. The van der Waals surface area contributed by atoms with Crippen LogP contribution in [-0.4, -0.2) is 63.7 Å². The van der Waals surface area contributed by atoms with Gasteiger partial charge in [0.2, 0.25) is 0 Å². The zero-order valence-corrected chi connectivity index (χ0v) is 12.4. The molecule has 0 unspecified atom stereocenters. The minimum absolute atomic E-state index is 0.309. The monoisotopic (exact) mass is 306 g/mol. The quantitative estimate of drug-likeness (QED) is 0.451. The summed E-state index contributed by atoms with van der Waals surface area (Å²) in [7, 11) is 0. The summed E-state index contributed by atoms with van der Waals surface area (Å²) in [5, 5.41) is 37.7. The summed E-state index contributed by atoms with van der Waals surface area (Å²) in [5.41, 5.74) is 0. The van der Waals surface area contributed by atoms with Gasteiger partial charge in [0, 0.05) is 6.61 Å². The van der Waals surface area contributed by atoms with Crippen LogP contribution in [0.4, 0.5) is 0 Å². The van der Waals surface area contributed by atoms with Crippen molar-refractivity contribution in [2.24, 2.45) is 0 Å². The number of rotatable bonds is 9. The van der Waals surface area contributed by atoms with E-state index in [1.54, 1.807) is 0 Å². The van der Waals surface area contributed by atoms with Gasteiger partial charge in [-0.3, -0.25) is 0 Å². The average molecular weight is 306 g/mol. The Morgan fingerprint density at radius 3 is 2.24 bits per heavy atom. The average Bonchev–Trinajstić information content (AvgIpc) is 2.45. The van der Waals surface area contributed by atoms with Crippen molar-refractivity contribution >= 4 is 5.97 Å². The van der Waals surface area contributed by atoms with Gasteiger partial charge in [0.15, 0.2) is 12.4 Å². The normalized spacial score (nSPS) is 33.0. The van der Waals surface area contributed by atoms with E-state index in [0.29, 0.717) is 6.61 Å². The highest BCUT2D eigenvalue weighted by Gasteiger charge is 2.47. The molecule has 124 valence electrons. The van der Waals surface area contributed by atoms with Crippen molar-refractivity contribution in [3.05, 3.63) is 0 Å². The minimum Gasteiger partial charge on any atom is -0.479 e. The first-order valence-electron chi connectivity index (χ1n) is 7.53. The zero-order chi connectivity index (χ0) is 15.8. The zero-order valence-electron chi connectivity index (χ0n) is 12.4. The Morgan fingerprint density at radius 2 is 1.62 bits per heavy atom. The van der Waals surface area contributed by atoms with Gasteiger partial charge >= 0.3 is 5.97 Å². The lowest BCUT2D eigenvalue weighted by atomic mass is 9.99. The molecular formula is C14H26O7. The maximum Gasteiger partial charge on any atom is 0.335 e. The summed E-state index contributed by atoms with van der Waals surface area (Å²) in [5.74, 6) is -1.40. The SMILES string of the molecule is CCCCCCCCO[C@H]1O[C@H](C(=O)O)[C@H](O)[C@H](O)[C@H]1O. The number of carboxylic acids is 1. The number of ether oxygens (including phenoxy) is 2. The van der Waals surface area contributed by atoms with Gasteiger partial charge in [-0.1, -0.05) is 39.0 Å². The van der Waals surface area contributed by atoms with Crippen molar-refractivity contribution < 1.29 is 34.7 Å². The molecule has 0 aliphatic carbocycles. The molecule has 7 nitrogen and oxygen atoms in total. The molecule has 1 fully saturated rings. The summed E-state index contributed by atoms with van der Waals surface area (Å²) < 4.78 is 10.3. The number of carboxylic acid groups (broad SMARTS) is 1. The smallest absolute Gasteiger partial charge is 0.335 e. The highest BCUT2D eigenvalue weighted by molar-refractivity contribution is 5.73. The van der Waals surface area contributed by atoms with Gasteiger partial charge < -0.3 is 29.9 Å². The van der Waals surface area contributed by atoms with E-state index in [2.05, 4.69) is 6.92 Å². The molecule has 1 heterocycles. The second-order valence-electron chi connectivity index (χ2n) is 5.37. The fraction of sp³-hybridized carbons (Fsp3) is 0.929. The van der Waals surface area contributed by atoms with Crippen LogP contribution >= 0.6 is 0 Å². The van der Waals surface area contributed by atoms with Gasteiger partial charge in [-0.05, 0) is 6.42 Å². The molecule has 1 aliphatic rings. The molecule has 0 aromatic heterocycles. The van der Waals surface area contributed by atoms with Crippen molar-refractivity contribution in [2.45, 2.75) is 76.2 Å². The number of hydrogen-bond donors (Lipinski definition) is 4. The molecule has 1 rings (SSSR count). The van der Waals surface area contributed by atoms with E-state index in [4.69, 9.17) is 14.6 Å². The summed E-state index contributed by atoms with van der Waals surface area (Å²) >= 11 is 0. The van der Waals surface area contributed by atoms with Gasteiger partial charge in [0.25, 0.3) is 0 Å². The van der Waals surface area contributed by atoms with Crippen LogP contribution < -0.4 is 0 Å². The first-order valence-corrected chi connectivity index (χ1v) is 7.53. The molecule has 0 spiro atoms. The van der Waals surface area contributed by atoms with Gasteiger partial charge in [-0.2, -0.15) is 0 Å². The van der Waals surface area contributed by atoms with E-state index in [1.807, 2.05) is 0 Å². The van der Waals surface area contributed by atoms with Gasteiger partial charge in [-0.15, -0.1) is 0 Å². The third-order valence-electron chi connectivity index (χ3n) is 3.59. The highest BCUT2D eigenvalue weighted by atomic mass is 16.7. The second-order valence-corrected chi connectivity index (χ2v) is 5.37. The third-order valence-corrected chi connectivity index (χ3v) is 3.59.